The minimum absolute atomic E-state index is 0.0271. The number of hydrogen-bond donors (Lipinski definition) is 11. The first-order valence-corrected chi connectivity index (χ1v) is 24.3. The van der Waals surface area contributed by atoms with Crippen molar-refractivity contribution >= 4 is 5.97 Å². The summed E-state index contributed by atoms with van der Waals surface area (Å²) < 4.78 is 36.8. The number of allylic oxidation sites excluding steroid dienone is 2. The minimum Gasteiger partial charge on any atom is -0.481 e. The zero-order chi connectivity index (χ0) is 48.3. The summed E-state index contributed by atoms with van der Waals surface area (Å²) in [6.45, 7) is 13.6. The Hall–Kier alpha value is -1.43. The molecule has 0 radical (unpaired) electrons. The highest BCUT2D eigenvalue weighted by atomic mass is 16.8. The predicted molar refractivity (Wildman–Crippen MR) is 231 cm³/mol. The average molecular weight is 943 g/mol. The third kappa shape index (κ3) is 7.78. The Bertz CT molecular complexity index is 1800. The first kappa shape index (κ1) is 50.9. The van der Waals surface area contributed by atoms with Gasteiger partial charge in [0.25, 0.3) is 0 Å². The SMILES string of the molecule is C[C@@H]1O[C@@H](O[C@H]2[C@H](O[C@H]3[C@H](O[C@H]4CC[C@]5(C)[C@H]6CC=C7[C@@H]8C[C@@](C)(CO)CC[C@]8(C(=O)O)CC[C@@]7(C)[C@]6(C)CC[C@H]5C4(C)C)O[C@H](CO)[C@@H](O)[C@@H]3O)O[C@H](CO)[C@@H](O)[C@@H]2O)[C@H](O)[C@H](O)[C@H]1O. The van der Waals surface area contributed by atoms with E-state index in [9.17, 15) is 61.0 Å². The Morgan fingerprint density at radius 1 is 0.652 bits per heavy atom. The molecular formula is C48H78O18. The van der Waals surface area contributed by atoms with Gasteiger partial charge < -0.3 is 84.6 Å². The van der Waals surface area contributed by atoms with E-state index in [-0.39, 0.29) is 46.0 Å². The van der Waals surface area contributed by atoms with Crippen molar-refractivity contribution in [1.29, 1.82) is 0 Å². The molecule has 0 aromatic rings. The number of carboxylic acid groups (broad SMARTS) is 1. The highest BCUT2D eigenvalue weighted by Gasteiger charge is 2.70. The molecule has 18 nitrogen and oxygen atoms in total. The summed E-state index contributed by atoms with van der Waals surface area (Å²) in [7, 11) is 0. The average Bonchev–Trinajstić information content (AvgIpc) is 3.27. The molecule has 8 rings (SSSR count). The Morgan fingerprint density at radius 3 is 1.80 bits per heavy atom. The number of hydrogen-bond acceptors (Lipinski definition) is 17. The van der Waals surface area contributed by atoms with E-state index in [0.29, 0.717) is 32.1 Å². The fourth-order valence-corrected chi connectivity index (χ4v) is 15.1. The predicted octanol–water partition coefficient (Wildman–Crippen LogP) is 0.706. The Balaban J connectivity index is 1.05. The summed E-state index contributed by atoms with van der Waals surface area (Å²) in [5.41, 5.74) is -0.948. The van der Waals surface area contributed by atoms with E-state index < -0.39 is 128 Å². The quantitative estimate of drug-likeness (QED) is 0.106. The number of aliphatic hydroxyl groups is 10. The summed E-state index contributed by atoms with van der Waals surface area (Å²) in [6, 6.07) is 0. The standard InChI is InChI=1S/C48H78O18/c1-22-30(52)33(55)36(58)39(61-22)65-38-35(57)32(54)26(20-50)63-41(38)66-37-34(56)31(53)25(19-49)62-40(37)64-29-11-12-45(5)27(43(29,2)3)10-13-47(7)28(45)9-8-23-24-18-44(4,21-51)14-16-48(24,42(59)60)17-15-46(23,47)6/h8,22,24-41,49-58H,9-21H2,1-7H3,(H,59,60)/t22-,24-,25+,26+,27-,28+,29-,30-,31+,32+,33+,34-,35-,36+,37+,38+,39-,40-,41-,44-,45-,46+,47+,48-/m0/s1. The van der Waals surface area contributed by atoms with Gasteiger partial charge in [0.1, 0.15) is 67.1 Å². The molecule has 3 heterocycles. The lowest BCUT2D eigenvalue weighted by molar-refractivity contribution is -0.397. The Kier molecular flexibility index (Phi) is 13.9. The molecule has 0 bridgehead atoms. The van der Waals surface area contributed by atoms with Crippen LogP contribution in [-0.4, -0.2) is 180 Å². The van der Waals surface area contributed by atoms with E-state index in [2.05, 4.69) is 47.6 Å². The van der Waals surface area contributed by atoms with E-state index in [1.165, 1.54) is 12.5 Å². The van der Waals surface area contributed by atoms with Gasteiger partial charge in [0, 0.05) is 6.61 Å². The van der Waals surface area contributed by atoms with Gasteiger partial charge in [0.15, 0.2) is 18.9 Å². The van der Waals surface area contributed by atoms with Crippen LogP contribution >= 0.6 is 0 Å². The molecule has 24 atom stereocenters. The molecule has 0 unspecified atom stereocenters. The van der Waals surface area contributed by atoms with Crippen LogP contribution < -0.4 is 0 Å². The first-order valence-electron chi connectivity index (χ1n) is 24.3. The van der Waals surface area contributed by atoms with Crippen molar-refractivity contribution in [3.63, 3.8) is 0 Å². The summed E-state index contributed by atoms with van der Waals surface area (Å²) in [6.07, 6.45) is -14.7. The van der Waals surface area contributed by atoms with Crippen molar-refractivity contribution in [3.8, 4) is 0 Å². The summed E-state index contributed by atoms with van der Waals surface area (Å²) >= 11 is 0. The van der Waals surface area contributed by atoms with Crippen molar-refractivity contribution in [2.45, 2.75) is 211 Å². The number of aliphatic carboxylic acids is 1. The van der Waals surface area contributed by atoms with Gasteiger partial charge in [-0.15, -0.1) is 0 Å². The van der Waals surface area contributed by atoms with Crippen LogP contribution in [0.1, 0.15) is 113 Å². The van der Waals surface area contributed by atoms with E-state index in [1.807, 2.05) is 0 Å². The summed E-state index contributed by atoms with van der Waals surface area (Å²) in [5.74, 6) is -0.467. The van der Waals surface area contributed by atoms with Crippen molar-refractivity contribution in [1.82, 2.24) is 0 Å². The van der Waals surface area contributed by atoms with Crippen LogP contribution in [0.25, 0.3) is 0 Å². The highest BCUT2D eigenvalue weighted by Crippen LogP contribution is 2.76. The molecule has 11 N–H and O–H groups in total. The third-order valence-corrected chi connectivity index (χ3v) is 19.6. The summed E-state index contributed by atoms with van der Waals surface area (Å²) in [5, 5.41) is 118. The van der Waals surface area contributed by atoms with Crippen LogP contribution in [0.3, 0.4) is 0 Å². The van der Waals surface area contributed by atoms with Crippen LogP contribution in [0.5, 0.6) is 0 Å². The number of rotatable bonds is 10. The number of carboxylic acids is 1. The molecule has 0 aromatic heterocycles. The Labute approximate surface area is 387 Å². The molecule has 0 aromatic carbocycles. The number of ether oxygens (including phenoxy) is 6. The maximum atomic E-state index is 13.2. The van der Waals surface area contributed by atoms with Gasteiger partial charge in [-0.1, -0.05) is 53.2 Å². The van der Waals surface area contributed by atoms with Crippen LogP contribution in [0.15, 0.2) is 11.6 Å². The summed E-state index contributed by atoms with van der Waals surface area (Å²) in [4.78, 5) is 13.2. The normalized spacial score (nSPS) is 54.8. The zero-order valence-electron chi connectivity index (χ0n) is 39.5. The molecule has 5 aliphatic carbocycles. The molecule has 66 heavy (non-hydrogen) atoms. The number of carbonyl (C=O) groups is 1. The van der Waals surface area contributed by atoms with Gasteiger partial charge in [0.2, 0.25) is 0 Å². The lowest BCUT2D eigenvalue weighted by Gasteiger charge is -2.71. The van der Waals surface area contributed by atoms with Crippen molar-refractivity contribution in [2.24, 2.45) is 50.2 Å². The van der Waals surface area contributed by atoms with E-state index >= 15 is 0 Å². The maximum absolute atomic E-state index is 13.2. The monoisotopic (exact) mass is 943 g/mol. The molecule has 0 amide bonds. The lowest BCUT2D eigenvalue weighted by Crippen LogP contribution is -2.67. The maximum Gasteiger partial charge on any atom is 0.310 e. The van der Waals surface area contributed by atoms with E-state index in [4.69, 9.17) is 28.4 Å². The third-order valence-electron chi connectivity index (χ3n) is 19.6. The molecule has 4 saturated carbocycles. The number of fused-ring (bicyclic) bond motifs is 7. The molecule has 378 valence electrons. The van der Waals surface area contributed by atoms with E-state index in [1.54, 1.807) is 0 Å². The molecule has 7 fully saturated rings. The lowest BCUT2D eigenvalue weighted by atomic mass is 9.33. The second-order valence-electron chi connectivity index (χ2n) is 23.3. The second kappa shape index (κ2) is 18.0. The van der Waals surface area contributed by atoms with Crippen molar-refractivity contribution < 1.29 is 89.4 Å². The van der Waals surface area contributed by atoms with Crippen molar-refractivity contribution in [3.05, 3.63) is 11.6 Å². The molecule has 3 saturated heterocycles. The van der Waals surface area contributed by atoms with Crippen LogP contribution in [0.4, 0.5) is 0 Å². The van der Waals surface area contributed by atoms with Gasteiger partial charge in [-0.2, -0.15) is 0 Å². The molecule has 18 heteroatoms. The minimum atomic E-state index is -1.84. The molecule has 8 aliphatic rings. The fourth-order valence-electron chi connectivity index (χ4n) is 15.1. The van der Waals surface area contributed by atoms with Crippen molar-refractivity contribution in [2.75, 3.05) is 19.8 Å². The zero-order valence-corrected chi connectivity index (χ0v) is 39.5. The second-order valence-corrected chi connectivity index (χ2v) is 23.3. The van der Waals surface area contributed by atoms with Gasteiger partial charge in [0.05, 0.1) is 30.8 Å². The highest BCUT2D eigenvalue weighted by molar-refractivity contribution is 5.76. The molecule has 0 spiro atoms. The van der Waals surface area contributed by atoms with Gasteiger partial charge in [-0.05, 0) is 116 Å². The van der Waals surface area contributed by atoms with Gasteiger partial charge >= 0.3 is 5.97 Å². The largest absolute Gasteiger partial charge is 0.481 e. The van der Waals surface area contributed by atoms with Crippen LogP contribution in [0.2, 0.25) is 0 Å². The fraction of sp³-hybridized carbons (Fsp3) is 0.938. The molecule has 3 aliphatic heterocycles. The smallest absolute Gasteiger partial charge is 0.310 e. The van der Waals surface area contributed by atoms with Crippen LogP contribution in [0, 0.1) is 50.2 Å². The number of aliphatic hydroxyl groups excluding tert-OH is 10. The Morgan fingerprint density at radius 2 is 1.23 bits per heavy atom. The van der Waals surface area contributed by atoms with Gasteiger partial charge in [-0.25, -0.2) is 0 Å². The van der Waals surface area contributed by atoms with Crippen LogP contribution in [-0.2, 0) is 33.2 Å². The van der Waals surface area contributed by atoms with Gasteiger partial charge in [-0.3, -0.25) is 4.79 Å². The topological polar surface area (TPSA) is 295 Å². The molecular weight excluding hydrogens is 865 g/mol. The van der Waals surface area contributed by atoms with E-state index in [0.717, 1.165) is 32.1 Å². The first-order chi connectivity index (χ1) is 30.9.